The van der Waals surface area contributed by atoms with Gasteiger partial charge in [0.15, 0.2) is 5.69 Å². The molecule has 100 valence electrons. The Morgan fingerprint density at radius 2 is 2.00 bits per heavy atom. The third kappa shape index (κ3) is 2.12. The van der Waals surface area contributed by atoms with Gasteiger partial charge >= 0.3 is 5.97 Å². The van der Waals surface area contributed by atoms with Crippen LogP contribution < -0.4 is 10.5 Å². The van der Waals surface area contributed by atoms with Crippen LogP contribution in [0.3, 0.4) is 0 Å². The van der Waals surface area contributed by atoms with E-state index in [9.17, 15) is 4.79 Å². The Hall–Kier alpha value is -2.50. The first-order valence-electron chi connectivity index (χ1n) is 5.64. The molecule has 1 aromatic carbocycles. The van der Waals surface area contributed by atoms with Crippen molar-refractivity contribution >= 4 is 11.8 Å². The number of aromatic nitrogens is 2. The Balaban J connectivity index is 2.70. The Bertz CT molecular complexity index is 620. The zero-order valence-corrected chi connectivity index (χ0v) is 11.0. The van der Waals surface area contributed by atoms with E-state index in [2.05, 4.69) is 5.10 Å². The van der Waals surface area contributed by atoms with Gasteiger partial charge in [-0.25, -0.2) is 4.79 Å². The van der Waals surface area contributed by atoms with Gasteiger partial charge < -0.3 is 15.2 Å². The number of hydrogen-bond donors (Lipinski definition) is 1. The maximum absolute atomic E-state index is 11.8. The fourth-order valence-corrected chi connectivity index (χ4v) is 1.89. The molecule has 0 spiro atoms. The minimum Gasteiger partial charge on any atom is -0.496 e. The fourth-order valence-electron chi connectivity index (χ4n) is 1.89. The van der Waals surface area contributed by atoms with Crippen molar-refractivity contribution in [3.8, 4) is 16.9 Å². The molecule has 6 heteroatoms. The number of nitrogens with zero attached hydrogens (tertiary/aromatic N) is 2. The lowest BCUT2D eigenvalue weighted by Gasteiger charge is -2.08. The fraction of sp³-hybridized carbons (Fsp3) is 0.231. The van der Waals surface area contributed by atoms with Crippen molar-refractivity contribution in [2.75, 3.05) is 20.0 Å². The van der Waals surface area contributed by atoms with Crippen LogP contribution in [0, 0.1) is 0 Å². The van der Waals surface area contributed by atoms with E-state index in [0.717, 1.165) is 0 Å². The molecule has 0 amide bonds. The van der Waals surface area contributed by atoms with Gasteiger partial charge in [-0.1, -0.05) is 18.2 Å². The van der Waals surface area contributed by atoms with Crippen LogP contribution in [0.2, 0.25) is 0 Å². The topological polar surface area (TPSA) is 79.4 Å². The number of nitrogen functional groups attached to an aromatic ring is 1. The molecule has 0 saturated heterocycles. The summed E-state index contributed by atoms with van der Waals surface area (Å²) >= 11 is 0. The number of nitrogens with two attached hydrogens (primary N) is 1. The van der Waals surface area contributed by atoms with Gasteiger partial charge in [0.25, 0.3) is 0 Å². The second kappa shape index (κ2) is 5.01. The molecule has 2 N–H and O–H groups in total. The van der Waals surface area contributed by atoms with Crippen LogP contribution in [0.5, 0.6) is 5.75 Å². The van der Waals surface area contributed by atoms with Crippen molar-refractivity contribution in [1.82, 2.24) is 9.78 Å². The summed E-state index contributed by atoms with van der Waals surface area (Å²) in [6.45, 7) is 0. The molecular weight excluding hydrogens is 246 g/mol. The first-order valence-corrected chi connectivity index (χ1v) is 5.64. The van der Waals surface area contributed by atoms with Gasteiger partial charge in [0.2, 0.25) is 0 Å². The molecule has 2 rings (SSSR count). The third-order valence-corrected chi connectivity index (χ3v) is 2.85. The summed E-state index contributed by atoms with van der Waals surface area (Å²) in [6.07, 6.45) is 0. The number of benzene rings is 1. The van der Waals surface area contributed by atoms with E-state index in [1.54, 1.807) is 20.2 Å². The van der Waals surface area contributed by atoms with Crippen LogP contribution in [0.4, 0.5) is 5.82 Å². The van der Waals surface area contributed by atoms with Gasteiger partial charge in [-0.3, -0.25) is 4.68 Å². The van der Waals surface area contributed by atoms with Gasteiger partial charge in [-0.05, 0) is 6.07 Å². The number of hydrogen-bond acceptors (Lipinski definition) is 5. The highest BCUT2D eigenvalue weighted by Crippen LogP contribution is 2.36. The van der Waals surface area contributed by atoms with Gasteiger partial charge in [0, 0.05) is 12.6 Å². The number of rotatable bonds is 3. The minimum atomic E-state index is -0.534. The summed E-state index contributed by atoms with van der Waals surface area (Å²) < 4.78 is 11.5. The molecule has 0 atom stereocenters. The smallest absolute Gasteiger partial charge is 0.359 e. The lowest BCUT2D eigenvalue weighted by atomic mass is 10.0. The molecule has 6 nitrogen and oxygen atoms in total. The van der Waals surface area contributed by atoms with E-state index in [1.807, 2.05) is 18.2 Å². The van der Waals surface area contributed by atoms with Gasteiger partial charge in [-0.15, -0.1) is 0 Å². The zero-order chi connectivity index (χ0) is 14.0. The van der Waals surface area contributed by atoms with E-state index >= 15 is 0 Å². The van der Waals surface area contributed by atoms with E-state index in [-0.39, 0.29) is 5.69 Å². The number of esters is 1. The molecule has 0 saturated carbocycles. The Morgan fingerprint density at radius 3 is 2.63 bits per heavy atom. The molecule has 0 bridgehead atoms. The van der Waals surface area contributed by atoms with Crippen molar-refractivity contribution in [2.45, 2.75) is 0 Å². The second-order valence-corrected chi connectivity index (χ2v) is 3.92. The van der Waals surface area contributed by atoms with E-state index < -0.39 is 5.97 Å². The van der Waals surface area contributed by atoms with Crippen LogP contribution >= 0.6 is 0 Å². The summed E-state index contributed by atoms with van der Waals surface area (Å²) in [6, 6.07) is 7.29. The summed E-state index contributed by atoms with van der Waals surface area (Å²) in [5.41, 5.74) is 7.39. The van der Waals surface area contributed by atoms with Crippen molar-refractivity contribution in [3.05, 3.63) is 30.0 Å². The molecule has 0 aliphatic rings. The molecule has 19 heavy (non-hydrogen) atoms. The standard InChI is InChI=1S/C13H15N3O3/c1-16-12(14)10(11(15-16)13(17)19-3)8-6-4-5-7-9(8)18-2/h4-7H,14H2,1-3H3. The predicted octanol–water partition coefficient (Wildman–Crippen LogP) is 1.46. The molecule has 0 fully saturated rings. The maximum atomic E-state index is 11.8. The predicted molar refractivity (Wildman–Crippen MR) is 70.9 cm³/mol. The molecule has 1 aromatic heterocycles. The number of ether oxygens (including phenoxy) is 2. The van der Waals surface area contributed by atoms with Crippen molar-refractivity contribution in [2.24, 2.45) is 7.05 Å². The first kappa shape index (κ1) is 12.9. The highest BCUT2D eigenvalue weighted by atomic mass is 16.5. The van der Waals surface area contributed by atoms with Crippen LogP contribution in [-0.2, 0) is 11.8 Å². The maximum Gasteiger partial charge on any atom is 0.359 e. The van der Waals surface area contributed by atoms with Crippen LogP contribution in [-0.4, -0.2) is 30.0 Å². The molecule has 0 aliphatic carbocycles. The zero-order valence-electron chi connectivity index (χ0n) is 11.0. The molecule has 2 aromatic rings. The molecule has 0 aliphatic heterocycles. The van der Waals surface area contributed by atoms with Crippen molar-refractivity contribution in [1.29, 1.82) is 0 Å². The lowest BCUT2D eigenvalue weighted by Crippen LogP contribution is -2.04. The molecule has 0 unspecified atom stereocenters. The molecule has 0 radical (unpaired) electrons. The Kier molecular flexibility index (Phi) is 3.41. The first-order chi connectivity index (χ1) is 9.10. The Morgan fingerprint density at radius 1 is 1.32 bits per heavy atom. The number of carbonyl (C=O) groups is 1. The molecular formula is C13H15N3O3. The van der Waals surface area contributed by atoms with Crippen molar-refractivity contribution < 1.29 is 14.3 Å². The largest absolute Gasteiger partial charge is 0.496 e. The Labute approximate surface area is 110 Å². The monoisotopic (exact) mass is 261 g/mol. The van der Waals surface area contributed by atoms with Crippen molar-refractivity contribution in [3.63, 3.8) is 0 Å². The van der Waals surface area contributed by atoms with Gasteiger partial charge in [0.05, 0.1) is 19.8 Å². The van der Waals surface area contributed by atoms with E-state index in [4.69, 9.17) is 15.2 Å². The third-order valence-electron chi connectivity index (χ3n) is 2.85. The summed E-state index contributed by atoms with van der Waals surface area (Å²) in [7, 11) is 4.53. The SMILES string of the molecule is COC(=O)c1nn(C)c(N)c1-c1ccccc1OC. The summed E-state index contributed by atoms with van der Waals surface area (Å²) in [5, 5.41) is 4.09. The van der Waals surface area contributed by atoms with Gasteiger partial charge in [-0.2, -0.15) is 5.10 Å². The second-order valence-electron chi connectivity index (χ2n) is 3.92. The van der Waals surface area contributed by atoms with Crippen LogP contribution in [0.15, 0.2) is 24.3 Å². The number of anilines is 1. The average molecular weight is 261 g/mol. The van der Waals surface area contributed by atoms with Crippen LogP contribution in [0.1, 0.15) is 10.5 Å². The minimum absolute atomic E-state index is 0.173. The number of aryl methyl sites for hydroxylation is 1. The highest BCUT2D eigenvalue weighted by molar-refractivity contribution is 5.99. The number of carbonyl (C=O) groups excluding carboxylic acids is 1. The average Bonchev–Trinajstić information content (AvgIpc) is 2.74. The summed E-state index contributed by atoms with van der Waals surface area (Å²) in [5.74, 6) is 0.463. The van der Waals surface area contributed by atoms with Gasteiger partial charge in [0.1, 0.15) is 11.6 Å². The number of para-hydroxylation sites is 1. The normalized spacial score (nSPS) is 10.3. The highest BCUT2D eigenvalue weighted by Gasteiger charge is 2.24. The quantitative estimate of drug-likeness (QED) is 0.846. The summed E-state index contributed by atoms with van der Waals surface area (Å²) in [4.78, 5) is 11.8. The van der Waals surface area contributed by atoms with E-state index in [0.29, 0.717) is 22.7 Å². The molecule has 1 heterocycles. The number of methoxy groups -OCH3 is 2. The van der Waals surface area contributed by atoms with Crippen LogP contribution in [0.25, 0.3) is 11.1 Å². The van der Waals surface area contributed by atoms with E-state index in [1.165, 1.54) is 11.8 Å². The lowest BCUT2D eigenvalue weighted by molar-refractivity contribution is 0.0594.